The van der Waals surface area contributed by atoms with E-state index in [-0.39, 0.29) is 11.9 Å². The molecule has 0 N–H and O–H groups in total. The van der Waals surface area contributed by atoms with Gasteiger partial charge in [-0.3, -0.25) is 4.79 Å². The monoisotopic (exact) mass is 196 g/mol. The summed E-state index contributed by atoms with van der Waals surface area (Å²) in [5.74, 6) is 0.199. The zero-order valence-electron chi connectivity index (χ0n) is 9.43. The van der Waals surface area contributed by atoms with Crippen molar-refractivity contribution < 1.29 is 9.53 Å². The van der Waals surface area contributed by atoms with Gasteiger partial charge in [0.25, 0.3) is 0 Å². The Kier molecular flexibility index (Phi) is 4.33. The third-order valence-electron chi connectivity index (χ3n) is 2.87. The van der Waals surface area contributed by atoms with E-state index in [1.807, 2.05) is 13.8 Å². The van der Waals surface area contributed by atoms with Crippen LogP contribution in [-0.2, 0) is 9.53 Å². The van der Waals surface area contributed by atoms with Crippen LogP contribution in [0.5, 0.6) is 0 Å². The zero-order chi connectivity index (χ0) is 10.6. The molecule has 0 saturated carbocycles. The van der Waals surface area contributed by atoms with Gasteiger partial charge in [0, 0.05) is 0 Å². The highest BCUT2D eigenvalue weighted by molar-refractivity contribution is 5.99. The largest absolute Gasteiger partial charge is 0.366 e. The van der Waals surface area contributed by atoms with E-state index in [1.54, 1.807) is 0 Å². The summed E-state index contributed by atoms with van der Waals surface area (Å²) in [4.78, 5) is 11.7. The third kappa shape index (κ3) is 2.68. The Morgan fingerprint density at radius 3 is 2.71 bits per heavy atom. The predicted molar refractivity (Wildman–Crippen MR) is 57.3 cm³/mol. The van der Waals surface area contributed by atoms with Crippen LogP contribution in [-0.4, -0.2) is 18.5 Å². The van der Waals surface area contributed by atoms with Gasteiger partial charge < -0.3 is 4.74 Å². The Morgan fingerprint density at radius 2 is 2.07 bits per heavy atom. The average molecular weight is 196 g/mol. The van der Waals surface area contributed by atoms with Gasteiger partial charge in [-0.2, -0.15) is 0 Å². The van der Waals surface area contributed by atoms with Crippen molar-refractivity contribution in [2.45, 2.75) is 52.6 Å². The summed E-state index contributed by atoms with van der Waals surface area (Å²) < 4.78 is 5.51. The van der Waals surface area contributed by atoms with Gasteiger partial charge in [0.2, 0.25) is 0 Å². The minimum absolute atomic E-state index is 0.162. The van der Waals surface area contributed by atoms with E-state index < -0.39 is 0 Å². The van der Waals surface area contributed by atoms with Crippen LogP contribution in [0.2, 0.25) is 0 Å². The minimum atomic E-state index is -0.162. The molecule has 1 aliphatic heterocycles. The van der Waals surface area contributed by atoms with Crippen molar-refractivity contribution in [2.24, 2.45) is 0 Å². The van der Waals surface area contributed by atoms with E-state index in [2.05, 4.69) is 6.92 Å². The van der Waals surface area contributed by atoms with Crippen LogP contribution >= 0.6 is 0 Å². The molecule has 1 heterocycles. The Balaban J connectivity index is 2.46. The molecule has 1 aliphatic rings. The lowest BCUT2D eigenvalue weighted by Crippen LogP contribution is -2.31. The molecule has 0 saturated heterocycles. The lowest BCUT2D eigenvalue weighted by molar-refractivity contribution is -0.128. The van der Waals surface area contributed by atoms with E-state index in [1.165, 1.54) is 12.8 Å². The second-order valence-corrected chi connectivity index (χ2v) is 4.07. The van der Waals surface area contributed by atoms with Crippen molar-refractivity contribution in [3.8, 4) is 0 Å². The topological polar surface area (TPSA) is 26.3 Å². The minimum Gasteiger partial charge on any atom is -0.366 e. The Labute approximate surface area is 86.3 Å². The SMILES string of the molecule is CCCCCC1OCC(C)=C(C)C1=O. The normalized spacial score (nSPS) is 23.1. The first-order chi connectivity index (χ1) is 6.66. The lowest BCUT2D eigenvalue weighted by atomic mass is 9.97. The van der Waals surface area contributed by atoms with Gasteiger partial charge in [0.1, 0.15) is 6.10 Å². The fraction of sp³-hybridized carbons (Fsp3) is 0.750. The number of hydrogen-bond acceptors (Lipinski definition) is 2. The highest BCUT2D eigenvalue weighted by Gasteiger charge is 2.25. The number of carbonyl (C=O) groups is 1. The molecule has 14 heavy (non-hydrogen) atoms. The second kappa shape index (κ2) is 5.30. The number of unbranched alkanes of at least 4 members (excludes halogenated alkanes) is 2. The second-order valence-electron chi connectivity index (χ2n) is 4.07. The third-order valence-corrected chi connectivity index (χ3v) is 2.87. The number of ether oxygens (including phenoxy) is 1. The molecule has 80 valence electrons. The first-order valence-corrected chi connectivity index (χ1v) is 5.49. The van der Waals surface area contributed by atoms with Gasteiger partial charge >= 0.3 is 0 Å². The molecule has 0 radical (unpaired) electrons. The van der Waals surface area contributed by atoms with Crippen molar-refractivity contribution >= 4 is 5.78 Å². The molecule has 0 spiro atoms. The van der Waals surface area contributed by atoms with E-state index in [0.29, 0.717) is 6.61 Å². The molecular weight excluding hydrogens is 176 g/mol. The smallest absolute Gasteiger partial charge is 0.187 e. The number of ketones is 1. The summed E-state index contributed by atoms with van der Waals surface area (Å²) in [5.41, 5.74) is 2.00. The summed E-state index contributed by atoms with van der Waals surface area (Å²) in [7, 11) is 0. The molecule has 1 atom stereocenters. The summed E-state index contributed by atoms with van der Waals surface area (Å²) in [5, 5.41) is 0. The highest BCUT2D eigenvalue weighted by Crippen LogP contribution is 2.20. The molecule has 2 nitrogen and oxygen atoms in total. The van der Waals surface area contributed by atoms with Crippen molar-refractivity contribution in [1.29, 1.82) is 0 Å². The predicted octanol–water partition coefficient (Wildman–Crippen LogP) is 2.87. The van der Waals surface area contributed by atoms with Crippen LogP contribution in [0.15, 0.2) is 11.1 Å². The molecule has 0 aromatic carbocycles. The molecule has 2 heteroatoms. The molecule has 0 aromatic rings. The first kappa shape index (κ1) is 11.4. The van der Waals surface area contributed by atoms with Crippen LogP contribution in [0.1, 0.15) is 46.5 Å². The van der Waals surface area contributed by atoms with E-state index >= 15 is 0 Å². The summed E-state index contributed by atoms with van der Waals surface area (Å²) in [6.07, 6.45) is 4.20. The van der Waals surface area contributed by atoms with E-state index in [0.717, 1.165) is 24.0 Å². The molecule has 0 aliphatic carbocycles. The Hall–Kier alpha value is -0.630. The van der Waals surface area contributed by atoms with E-state index in [4.69, 9.17) is 4.74 Å². The molecule has 0 fully saturated rings. The maximum Gasteiger partial charge on any atom is 0.187 e. The van der Waals surface area contributed by atoms with Crippen LogP contribution < -0.4 is 0 Å². The maximum absolute atomic E-state index is 11.7. The molecule has 1 unspecified atom stereocenters. The number of hydrogen-bond donors (Lipinski definition) is 0. The molecular formula is C12H20O2. The molecule has 0 aromatic heterocycles. The number of Topliss-reactive ketones (excluding diaryl/α,β-unsaturated/α-hetero) is 1. The van der Waals surface area contributed by atoms with Crippen molar-refractivity contribution in [1.82, 2.24) is 0 Å². The summed E-state index contributed by atoms with van der Waals surface area (Å²) >= 11 is 0. The molecule has 1 rings (SSSR count). The Morgan fingerprint density at radius 1 is 1.36 bits per heavy atom. The van der Waals surface area contributed by atoms with E-state index in [9.17, 15) is 4.79 Å². The first-order valence-electron chi connectivity index (χ1n) is 5.49. The van der Waals surface area contributed by atoms with Crippen LogP contribution in [0.3, 0.4) is 0 Å². The fourth-order valence-electron chi connectivity index (χ4n) is 1.66. The van der Waals surface area contributed by atoms with Gasteiger partial charge in [-0.15, -0.1) is 0 Å². The average Bonchev–Trinajstić information content (AvgIpc) is 2.18. The van der Waals surface area contributed by atoms with Gasteiger partial charge in [-0.25, -0.2) is 0 Å². The van der Waals surface area contributed by atoms with Crippen molar-refractivity contribution in [3.63, 3.8) is 0 Å². The van der Waals surface area contributed by atoms with Gasteiger partial charge in [-0.1, -0.05) is 26.2 Å². The van der Waals surface area contributed by atoms with Gasteiger partial charge in [-0.05, 0) is 31.4 Å². The van der Waals surface area contributed by atoms with Crippen LogP contribution in [0.4, 0.5) is 0 Å². The van der Waals surface area contributed by atoms with Crippen LogP contribution in [0.25, 0.3) is 0 Å². The highest BCUT2D eigenvalue weighted by atomic mass is 16.5. The Bertz CT molecular complexity index is 241. The van der Waals surface area contributed by atoms with Crippen molar-refractivity contribution in [2.75, 3.05) is 6.61 Å². The maximum atomic E-state index is 11.7. The molecule has 0 amide bonds. The fourth-order valence-corrected chi connectivity index (χ4v) is 1.66. The molecule has 0 bridgehead atoms. The van der Waals surface area contributed by atoms with Gasteiger partial charge in [0.05, 0.1) is 6.61 Å². The lowest BCUT2D eigenvalue weighted by Gasteiger charge is -2.23. The number of rotatable bonds is 4. The van der Waals surface area contributed by atoms with Crippen LogP contribution in [0, 0.1) is 0 Å². The van der Waals surface area contributed by atoms with Crippen molar-refractivity contribution in [3.05, 3.63) is 11.1 Å². The number of carbonyl (C=O) groups excluding carboxylic acids is 1. The van der Waals surface area contributed by atoms with Gasteiger partial charge in [0.15, 0.2) is 5.78 Å². The zero-order valence-corrected chi connectivity index (χ0v) is 9.43. The standard InChI is InChI=1S/C12H20O2/c1-4-5-6-7-11-12(13)10(3)9(2)8-14-11/h11H,4-8H2,1-3H3. The summed E-state index contributed by atoms with van der Waals surface area (Å²) in [6, 6.07) is 0. The quantitative estimate of drug-likeness (QED) is 0.646. The summed E-state index contributed by atoms with van der Waals surface area (Å²) in [6.45, 7) is 6.68.